The Labute approximate surface area is 85.8 Å². The molecule has 0 saturated heterocycles. The van der Waals surface area contributed by atoms with Gasteiger partial charge in [-0.25, -0.2) is 0 Å². The van der Waals surface area contributed by atoms with Gasteiger partial charge in [0.2, 0.25) is 5.91 Å². The minimum atomic E-state index is -0.0446. The van der Waals surface area contributed by atoms with Crippen LogP contribution in [-0.2, 0) is 4.79 Å². The third kappa shape index (κ3) is 2.69. The molecule has 0 aliphatic heterocycles. The molecule has 4 nitrogen and oxygen atoms in total. The molecule has 1 aliphatic carbocycles. The van der Waals surface area contributed by atoms with Crippen LogP contribution in [0.4, 0.5) is 0 Å². The monoisotopic (exact) mass is 199 g/mol. The molecule has 0 bridgehead atoms. The number of likely N-dealkylation sites (N-methyl/N-ethyl adjacent to an activating group) is 2. The Balaban J connectivity index is 2.27. The highest BCUT2D eigenvalue weighted by molar-refractivity contribution is 5.80. The number of rotatable bonds is 4. The van der Waals surface area contributed by atoms with Crippen molar-refractivity contribution < 1.29 is 4.79 Å². The lowest BCUT2D eigenvalue weighted by atomic mass is 9.80. The molecule has 0 aromatic heterocycles. The fourth-order valence-electron chi connectivity index (χ4n) is 1.91. The highest BCUT2D eigenvalue weighted by atomic mass is 16.2. The highest BCUT2D eigenvalue weighted by Crippen LogP contribution is 2.26. The van der Waals surface area contributed by atoms with E-state index in [1.165, 1.54) is 0 Å². The molecule has 0 aromatic rings. The number of nitrogens with zero attached hydrogens (tertiary/aromatic N) is 1. The van der Waals surface area contributed by atoms with Gasteiger partial charge in [0.1, 0.15) is 0 Å². The molecule has 0 aromatic carbocycles. The van der Waals surface area contributed by atoms with E-state index in [2.05, 4.69) is 10.2 Å². The van der Waals surface area contributed by atoms with E-state index in [0.717, 1.165) is 19.4 Å². The van der Waals surface area contributed by atoms with Crippen LogP contribution in [0.15, 0.2) is 0 Å². The van der Waals surface area contributed by atoms with Crippen molar-refractivity contribution in [2.45, 2.75) is 31.8 Å². The van der Waals surface area contributed by atoms with Crippen LogP contribution in [0, 0.1) is 5.92 Å². The van der Waals surface area contributed by atoms with Crippen LogP contribution in [-0.4, -0.2) is 43.5 Å². The maximum Gasteiger partial charge on any atom is 0.236 e. The topological polar surface area (TPSA) is 58.4 Å². The van der Waals surface area contributed by atoms with Crippen molar-refractivity contribution in [3.05, 3.63) is 0 Å². The number of nitrogens with one attached hydrogen (secondary N) is 1. The minimum absolute atomic E-state index is 0.0446. The van der Waals surface area contributed by atoms with Gasteiger partial charge >= 0.3 is 0 Å². The summed E-state index contributed by atoms with van der Waals surface area (Å²) in [4.78, 5) is 13.4. The molecule has 0 heterocycles. The maximum absolute atomic E-state index is 11.3. The first kappa shape index (κ1) is 11.5. The SMILES string of the molecule is CNC(=O)C(C)N(C)CC1CC(N)C1. The summed E-state index contributed by atoms with van der Waals surface area (Å²) >= 11 is 0. The zero-order chi connectivity index (χ0) is 10.7. The van der Waals surface area contributed by atoms with Crippen LogP contribution < -0.4 is 11.1 Å². The summed E-state index contributed by atoms with van der Waals surface area (Å²) in [6, 6.07) is 0.348. The zero-order valence-electron chi connectivity index (χ0n) is 9.29. The Morgan fingerprint density at radius 2 is 2.21 bits per heavy atom. The second-order valence-electron chi connectivity index (χ2n) is 4.33. The average molecular weight is 199 g/mol. The first-order chi connectivity index (χ1) is 6.54. The van der Waals surface area contributed by atoms with Crippen molar-refractivity contribution in [1.29, 1.82) is 0 Å². The second-order valence-corrected chi connectivity index (χ2v) is 4.33. The van der Waals surface area contributed by atoms with Gasteiger partial charge in [0.05, 0.1) is 6.04 Å². The lowest BCUT2D eigenvalue weighted by molar-refractivity contribution is -0.125. The van der Waals surface area contributed by atoms with Crippen molar-refractivity contribution in [3.63, 3.8) is 0 Å². The standard InChI is InChI=1S/C10H21N3O/c1-7(10(14)12-2)13(3)6-8-4-9(11)5-8/h7-9H,4-6,11H2,1-3H3,(H,12,14). The fraction of sp³-hybridized carbons (Fsp3) is 0.900. The molecular formula is C10H21N3O. The molecule has 3 N–H and O–H groups in total. The molecular weight excluding hydrogens is 178 g/mol. The number of carbonyl (C=O) groups is 1. The molecule has 1 amide bonds. The second kappa shape index (κ2) is 4.75. The van der Waals surface area contributed by atoms with E-state index < -0.39 is 0 Å². The van der Waals surface area contributed by atoms with Gasteiger partial charge in [-0.2, -0.15) is 0 Å². The quantitative estimate of drug-likeness (QED) is 0.658. The number of amides is 1. The van der Waals surface area contributed by atoms with Crippen LogP contribution in [0.25, 0.3) is 0 Å². The molecule has 0 spiro atoms. The van der Waals surface area contributed by atoms with Crippen LogP contribution in [0.5, 0.6) is 0 Å². The van der Waals surface area contributed by atoms with E-state index in [0.29, 0.717) is 12.0 Å². The van der Waals surface area contributed by atoms with E-state index in [1.807, 2.05) is 14.0 Å². The first-order valence-electron chi connectivity index (χ1n) is 5.22. The number of hydrogen-bond donors (Lipinski definition) is 2. The number of hydrogen-bond acceptors (Lipinski definition) is 3. The molecule has 1 atom stereocenters. The van der Waals surface area contributed by atoms with Crippen LogP contribution in [0.3, 0.4) is 0 Å². The number of nitrogens with two attached hydrogens (primary N) is 1. The van der Waals surface area contributed by atoms with Gasteiger partial charge in [-0.05, 0) is 32.7 Å². The molecule has 4 heteroatoms. The minimum Gasteiger partial charge on any atom is -0.358 e. The predicted molar refractivity (Wildman–Crippen MR) is 56.9 cm³/mol. The van der Waals surface area contributed by atoms with Gasteiger partial charge in [-0.1, -0.05) is 0 Å². The van der Waals surface area contributed by atoms with Crippen LogP contribution in [0.2, 0.25) is 0 Å². The lowest BCUT2D eigenvalue weighted by Gasteiger charge is -2.36. The number of carbonyl (C=O) groups excluding carboxylic acids is 1. The van der Waals surface area contributed by atoms with Crippen molar-refractivity contribution in [2.24, 2.45) is 11.7 Å². The molecule has 1 unspecified atom stereocenters. The van der Waals surface area contributed by atoms with Gasteiger partial charge < -0.3 is 11.1 Å². The molecule has 1 saturated carbocycles. The first-order valence-corrected chi connectivity index (χ1v) is 5.22. The lowest BCUT2D eigenvalue weighted by Crippen LogP contribution is -2.47. The van der Waals surface area contributed by atoms with E-state index in [4.69, 9.17) is 5.73 Å². The van der Waals surface area contributed by atoms with Crippen LogP contribution >= 0.6 is 0 Å². The van der Waals surface area contributed by atoms with Gasteiger partial charge in [0.25, 0.3) is 0 Å². The molecule has 1 rings (SSSR count). The van der Waals surface area contributed by atoms with Gasteiger partial charge in [-0.15, -0.1) is 0 Å². The molecule has 1 aliphatic rings. The van der Waals surface area contributed by atoms with Crippen molar-refractivity contribution >= 4 is 5.91 Å². The third-order valence-corrected chi connectivity index (χ3v) is 3.11. The van der Waals surface area contributed by atoms with E-state index >= 15 is 0 Å². The Kier molecular flexibility index (Phi) is 3.89. The average Bonchev–Trinajstić information content (AvgIpc) is 2.12. The largest absolute Gasteiger partial charge is 0.358 e. The molecule has 14 heavy (non-hydrogen) atoms. The summed E-state index contributed by atoms with van der Waals surface area (Å²) < 4.78 is 0. The Bertz CT molecular complexity index is 202. The predicted octanol–water partition coefficient (Wildman–Crippen LogP) is -0.210. The maximum atomic E-state index is 11.3. The van der Waals surface area contributed by atoms with Crippen molar-refractivity contribution in [2.75, 3.05) is 20.6 Å². The van der Waals surface area contributed by atoms with E-state index in [-0.39, 0.29) is 11.9 Å². The molecule has 1 fully saturated rings. The Morgan fingerprint density at radius 1 is 1.64 bits per heavy atom. The van der Waals surface area contributed by atoms with E-state index in [1.54, 1.807) is 7.05 Å². The highest BCUT2D eigenvalue weighted by Gasteiger charge is 2.28. The third-order valence-electron chi connectivity index (χ3n) is 3.11. The van der Waals surface area contributed by atoms with Gasteiger partial charge in [0, 0.05) is 19.6 Å². The Morgan fingerprint density at radius 3 is 2.64 bits per heavy atom. The van der Waals surface area contributed by atoms with E-state index in [9.17, 15) is 4.79 Å². The summed E-state index contributed by atoms with van der Waals surface area (Å²) in [5.41, 5.74) is 5.71. The fourth-order valence-corrected chi connectivity index (χ4v) is 1.91. The molecule has 82 valence electrons. The zero-order valence-corrected chi connectivity index (χ0v) is 9.29. The normalized spacial score (nSPS) is 28.4. The summed E-state index contributed by atoms with van der Waals surface area (Å²) in [6.45, 7) is 2.90. The van der Waals surface area contributed by atoms with Crippen molar-refractivity contribution in [1.82, 2.24) is 10.2 Å². The van der Waals surface area contributed by atoms with Crippen molar-refractivity contribution in [3.8, 4) is 0 Å². The summed E-state index contributed by atoms with van der Waals surface area (Å²) in [7, 11) is 3.66. The smallest absolute Gasteiger partial charge is 0.236 e. The van der Waals surface area contributed by atoms with Crippen LogP contribution in [0.1, 0.15) is 19.8 Å². The summed E-state index contributed by atoms with van der Waals surface area (Å²) in [5.74, 6) is 0.762. The van der Waals surface area contributed by atoms with Gasteiger partial charge in [-0.3, -0.25) is 9.69 Å². The summed E-state index contributed by atoms with van der Waals surface area (Å²) in [6.07, 6.45) is 2.20. The van der Waals surface area contributed by atoms with Gasteiger partial charge in [0.15, 0.2) is 0 Å². The molecule has 0 radical (unpaired) electrons. The summed E-state index contributed by atoms with van der Waals surface area (Å²) in [5, 5.41) is 2.66. The Hall–Kier alpha value is -0.610.